The Morgan fingerprint density at radius 2 is 1.52 bits per heavy atom. The molecule has 0 aromatic carbocycles. The molecule has 0 aliphatic heterocycles. The summed E-state index contributed by atoms with van der Waals surface area (Å²) in [5.41, 5.74) is 0.601. The van der Waals surface area contributed by atoms with E-state index >= 15 is 0 Å². The van der Waals surface area contributed by atoms with E-state index < -0.39 is 0 Å². The van der Waals surface area contributed by atoms with E-state index in [1.807, 2.05) is 0 Å². The Balaban J connectivity index is 1.77. The average molecular weight is 293 g/mol. The SMILES string of the molecule is CCCCC1(OCC(C)(C)CC)C2CC3CC(C2)CC1C3. The van der Waals surface area contributed by atoms with Crippen LogP contribution in [0, 0.1) is 29.1 Å². The summed E-state index contributed by atoms with van der Waals surface area (Å²) in [5.74, 6) is 3.86. The van der Waals surface area contributed by atoms with Gasteiger partial charge in [0.05, 0.1) is 12.2 Å². The number of unbranched alkanes of at least 4 members (excludes halogenated alkanes) is 1. The lowest BCUT2D eigenvalue weighted by Gasteiger charge is -2.61. The molecule has 0 amide bonds. The van der Waals surface area contributed by atoms with Gasteiger partial charge in [0.1, 0.15) is 0 Å². The second kappa shape index (κ2) is 5.87. The van der Waals surface area contributed by atoms with E-state index in [2.05, 4.69) is 27.7 Å². The molecule has 0 heterocycles. The summed E-state index contributed by atoms with van der Waals surface area (Å²) in [6.45, 7) is 10.3. The molecule has 4 fully saturated rings. The second-order valence-corrected chi connectivity index (χ2v) is 9.17. The van der Waals surface area contributed by atoms with Crippen LogP contribution in [-0.2, 0) is 4.74 Å². The van der Waals surface area contributed by atoms with Crippen LogP contribution in [-0.4, -0.2) is 12.2 Å². The first kappa shape index (κ1) is 15.8. The van der Waals surface area contributed by atoms with E-state index in [0.29, 0.717) is 5.41 Å². The maximum atomic E-state index is 6.86. The van der Waals surface area contributed by atoms with Gasteiger partial charge in [0.2, 0.25) is 0 Å². The Hall–Kier alpha value is -0.0400. The minimum absolute atomic E-state index is 0.260. The van der Waals surface area contributed by atoms with Gasteiger partial charge in [0, 0.05) is 0 Å². The highest BCUT2D eigenvalue weighted by molar-refractivity contribution is 5.08. The quantitative estimate of drug-likeness (QED) is 0.574. The lowest BCUT2D eigenvalue weighted by Crippen LogP contribution is -2.59. The third kappa shape index (κ3) is 2.92. The molecular weight excluding hydrogens is 256 g/mol. The highest BCUT2D eigenvalue weighted by atomic mass is 16.5. The van der Waals surface area contributed by atoms with E-state index in [1.54, 1.807) is 0 Å². The Morgan fingerprint density at radius 3 is 2.00 bits per heavy atom. The van der Waals surface area contributed by atoms with E-state index in [4.69, 9.17) is 4.74 Å². The molecule has 0 N–H and O–H groups in total. The minimum Gasteiger partial charge on any atom is -0.374 e. The maximum Gasteiger partial charge on any atom is 0.0739 e. The Labute approximate surface area is 132 Å². The van der Waals surface area contributed by atoms with E-state index in [0.717, 1.165) is 30.3 Å². The van der Waals surface area contributed by atoms with Crippen LogP contribution in [0.5, 0.6) is 0 Å². The summed E-state index contributed by atoms with van der Waals surface area (Å²) in [6, 6.07) is 0. The minimum atomic E-state index is 0.260. The predicted molar refractivity (Wildman–Crippen MR) is 89.3 cm³/mol. The van der Waals surface area contributed by atoms with Gasteiger partial charge in [-0.25, -0.2) is 0 Å². The van der Waals surface area contributed by atoms with Crippen LogP contribution < -0.4 is 0 Å². The van der Waals surface area contributed by atoms with Crippen LogP contribution in [0.15, 0.2) is 0 Å². The van der Waals surface area contributed by atoms with E-state index in [9.17, 15) is 0 Å². The smallest absolute Gasteiger partial charge is 0.0739 e. The maximum absolute atomic E-state index is 6.86. The molecule has 21 heavy (non-hydrogen) atoms. The van der Waals surface area contributed by atoms with Crippen molar-refractivity contribution < 1.29 is 4.74 Å². The van der Waals surface area contributed by atoms with Crippen molar-refractivity contribution in [3.05, 3.63) is 0 Å². The summed E-state index contributed by atoms with van der Waals surface area (Å²) in [7, 11) is 0. The third-order valence-electron chi connectivity index (χ3n) is 7.13. The molecule has 4 rings (SSSR count). The average Bonchev–Trinajstić information content (AvgIpc) is 2.46. The molecule has 0 aromatic heterocycles. The van der Waals surface area contributed by atoms with Crippen LogP contribution in [0.25, 0.3) is 0 Å². The lowest BCUT2D eigenvalue weighted by molar-refractivity contribution is -0.219. The molecule has 0 radical (unpaired) electrons. The normalized spacial score (nSPS) is 41.7. The summed E-state index contributed by atoms with van der Waals surface area (Å²) in [4.78, 5) is 0. The third-order valence-corrected chi connectivity index (χ3v) is 7.13. The zero-order valence-electron chi connectivity index (χ0n) is 14.8. The van der Waals surface area contributed by atoms with Gasteiger partial charge in [-0.05, 0) is 74.0 Å². The van der Waals surface area contributed by atoms with Crippen molar-refractivity contribution in [2.75, 3.05) is 6.61 Å². The second-order valence-electron chi connectivity index (χ2n) is 9.17. The molecule has 0 atom stereocenters. The molecule has 4 aliphatic rings. The highest BCUT2D eigenvalue weighted by Gasteiger charge is 2.57. The Morgan fingerprint density at radius 1 is 0.952 bits per heavy atom. The van der Waals surface area contributed by atoms with Crippen LogP contribution in [0.3, 0.4) is 0 Å². The van der Waals surface area contributed by atoms with Gasteiger partial charge >= 0.3 is 0 Å². The summed E-state index contributed by atoms with van der Waals surface area (Å²) in [5, 5.41) is 0. The monoisotopic (exact) mass is 292 g/mol. The Kier molecular flexibility index (Phi) is 4.43. The molecule has 0 unspecified atom stereocenters. The largest absolute Gasteiger partial charge is 0.374 e. The number of hydrogen-bond donors (Lipinski definition) is 0. The van der Waals surface area contributed by atoms with Gasteiger partial charge in [0.15, 0.2) is 0 Å². The van der Waals surface area contributed by atoms with Crippen molar-refractivity contribution in [1.29, 1.82) is 0 Å². The first-order valence-corrected chi connectivity index (χ1v) is 9.63. The first-order valence-electron chi connectivity index (χ1n) is 9.63. The lowest BCUT2D eigenvalue weighted by atomic mass is 9.49. The molecule has 1 heteroatoms. The van der Waals surface area contributed by atoms with E-state index in [-0.39, 0.29) is 5.60 Å². The predicted octanol–water partition coefficient (Wildman–Crippen LogP) is 5.82. The Bertz CT molecular complexity index is 329. The number of hydrogen-bond acceptors (Lipinski definition) is 1. The van der Waals surface area contributed by atoms with Crippen LogP contribution >= 0.6 is 0 Å². The molecule has 0 saturated heterocycles. The molecule has 4 saturated carbocycles. The van der Waals surface area contributed by atoms with Crippen molar-refractivity contribution in [3.8, 4) is 0 Å². The summed E-state index contributed by atoms with van der Waals surface area (Å²) in [6.07, 6.45) is 12.7. The number of rotatable bonds is 7. The van der Waals surface area contributed by atoms with Gasteiger partial charge in [-0.15, -0.1) is 0 Å². The first-order chi connectivity index (χ1) is 9.99. The van der Waals surface area contributed by atoms with Gasteiger partial charge in [-0.2, -0.15) is 0 Å². The molecular formula is C20H36O. The fourth-order valence-electron chi connectivity index (χ4n) is 5.58. The molecule has 4 aliphatic carbocycles. The van der Waals surface area contributed by atoms with Crippen molar-refractivity contribution in [1.82, 2.24) is 0 Å². The van der Waals surface area contributed by atoms with Gasteiger partial charge in [-0.3, -0.25) is 0 Å². The fourth-order valence-corrected chi connectivity index (χ4v) is 5.58. The van der Waals surface area contributed by atoms with Crippen molar-refractivity contribution >= 4 is 0 Å². The van der Waals surface area contributed by atoms with Crippen molar-refractivity contribution in [3.63, 3.8) is 0 Å². The molecule has 4 bridgehead atoms. The van der Waals surface area contributed by atoms with Gasteiger partial charge in [0.25, 0.3) is 0 Å². The molecule has 122 valence electrons. The van der Waals surface area contributed by atoms with Gasteiger partial charge < -0.3 is 4.74 Å². The van der Waals surface area contributed by atoms with Crippen LogP contribution in [0.1, 0.15) is 85.5 Å². The van der Waals surface area contributed by atoms with Crippen molar-refractivity contribution in [2.24, 2.45) is 29.1 Å². The molecule has 0 spiro atoms. The zero-order valence-corrected chi connectivity index (χ0v) is 14.8. The number of ether oxygens (including phenoxy) is 1. The van der Waals surface area contributed by atoms with Crippen molar-refractivity contribution in [2.45, 2.75) is 91.1 Å². The zero-order chi connectivity index (χ0) is 15.1. The van der Waals surface area contributed by atoms with Crippen LogP contribution in [0.4, 0.5) is 0 Å². The summed E-state index contributed by atoms with van der Waals surface area (Å²) < 4.78 is 6.86. The highest BCUT2D eigenvalue weighted by Crippen LogP contribution is 2.61. The summed E-state index contributed by atoms with van der Waals surface area (Å²) >= 11 is 0. The van der Waals surface area contributed by atoms with Gasteiger partial charge in [-0.1, -0.05) is 40.5 Å². The fraction of sp³-hybridized carbons (Fsp3) is 1.00. The van der Waals surface area contributed by atoms with Crippen LogP contribution in [0.2, 0.25) is 0 Å². The molecule has 0 aromatic rings. The molecule has 1 nitrogen and oxygen atoms in total. The van der Waals surface area contributed by atoms with E-state index in [1.165, 1.54) is 57.8 Å². The standard InChI is InChI=1S/C20H36O/c1-5-7-8-20(21-14-19(3,4)6-2)17-10-15-9-16(12-17)13-18(20)11-15/h15-18H,5-14H2,1-4H3. The topological polar surface area (TPSA) is 9.23 Å².